The van der Waals surface area contributed by atoms with E-state index in [-0.39, 0.29) is 11.7 Å². The van der Waals surface area contributed by atoms with Crippen molar-refractivity contribution in [3.8, 4) is 0 Å². The number of carbonyl (C=O) groups excluding carboxylic acids is 1. The Kier molecular flexibility index (Phi) is 2.81. The fourth-order valence-electron chi connectivity index (χ4n) is 0.976. The lowest BCUT2D eigenvalue weighted by Crippen LogP contribution is -2.31. The number of halogens is 2. The smallest absolute Gasteiger partial charge is 0.235 e. The van der Waals surface area contributed by atoms with Crippen LogP contribution in [0.15, 0.2) is 0 Å². The number of rotatable bonds is 3. The molecule has 1 N–H and O–H groups in total. The van der Waals surface area contributed by atoms with Crippen LogP contribution < -0.4 is 4.72 Å². The Labute approximate surface area is 86.6 Å². The molecule has 1 aliphatic carbocycles. The summed E-state index contributed by atoms with van der Waals surface area (Å²) in [5, 5.41) is 0. The summed E-state index contributed by atoms with van der Waals surface area (Å²) in [5.74, 6) is -1.07. The zero-order valence-corrected chi connectivity index (χ0v) is 9.21. The van der Waals surface area contributed by atoms with Gasteiger partial charge in [0.05, 0.1) is 5.75 Å². The van der Waals surface area contributed by atoms with Crippen LogP contribution in [0.1, 0.15) is 13.3 Å². The number of nitrogens with one attached hydrogen (secondary N) is 1. The Bertz CT molecular complexity index is 325. The normalized spacial score (nSPS) is 25.3. The SMILES string of the molecule is CC(=O)NS(=O)(=O)CC1CC1(Cl)Cl. The summed E-state index contributed by atoms with van der Waals surface area (Å²) in [7, 11) is -3.56. The molecule has 0 spiro atoms. The van der Waals surface area contributed by atoms with Gasteiger partial charge < -0.3 is 0 Å². The van der Waals surface area contributed by atoms with Gasteiger partial charge in [-0.05, 0) is 6.42 Å². The molecule has 0 aromatic carbocycles. The monoisotopic (exact) mass is 245 g/mol. The van der Waals surface area contributed by atoms with Gasteiger partial charge in [-0.15, -0.1) is 23.2 Å². The number of sulfonamides is 1. The molecule has 0 heterocycles. The van der Waals surface area contributed by atoms with Crippen LogP contribution in [0, 0.1) is 5.92 Å². The quantitative estimate of drug-likeness (QED) is 0.743. The standard InChI is InChI=1S/C6H9Cl2NO3S/c1-4(10)9-13(11,12)3-5-2-6(5,7)8/h5H,2-3H2,1H3,(H,9,10). The largest absolute Gasteiger partial charge is 0.274 e. The second-order valence-electron chi connectivity index (χ2n) is 3.10. The lowest BCUT2D eigenvalue weighted by molar-refractivity contribution is -0.117. The first-order valence-corrected chi connectivity index (χ1v) is 6.03. The highest BCUT2D eigenvalue weighted by Crippen LogP contribution is 2.53. The van der Waals surface area contributed by atoms with Crippen LogP contribution in [0.4, 0.5) is 0 Å². The minimum absolute atomic E-state index is 0.195. The van der Waals surface area contributed by atoms with Crippen molar-refractivity contribution in [1.82, 2.24) is 4.72 Å². The molecule has 1 rings (SSSR count). The molecule has 0 bridgehead atoms. The minimum atomic E-state index is -3.56. The zero-order chi connectivity index (χ0) is 10.3. The average Bonchev–Trinajstić information content (AvgIpc) is 2.32. The Morgan fingerprint density at radius 1 is 1.62 bits per heavy atom. The van der Waals surface area contributed by atoms with Crippen molar-refractivity contribution in [1.29, 1.82) is 0 Å². The fraction of sp³-hybridized carbons (Fsp3) is 0.833. The van der Waals surface area contributed by atoms with Gasteiger partial charge in [0.25, 0.3) is 0 Å². The highest BCUT2D eigenvalue weighted by atomic mass is 35.5. The van der Waals surface area contributed by atoms with E-state index >= 15 is 0 Å². The molecule has 1 unspecified atom stereocenters. The van der Waals surface area contributed by atoms with Gasteiger partial charge in [-0.25, -0.2) is 8.42 Å². The van der Waals surface area contributed by atoms with Crippen molar-refractivity contribution in [3.05, 3.63) is 0 Å². The van der Waals surface area contributed by atoms with E-state index in [1.54, 1.807) is 0 Å². The maximum Gasteiger partial charge on any atom is 0.235 e. The fourth-order valence-corrected chi connectivity index (χ4v) is 3.14. The molecule has 76 valence electrons. The number of hydrogen-bond acceptors (Lipinski definition) is 3. The third-order valence-corrected chi connectivity index (χ3v) is 4.04. The van der Waals surface area contributed by atoms with Crippen molar-refractivity contribution in [2.24, 2.45) is 5.92 Å². The molecule has 0 aromatic rings. The van der Waals surface area contributed by atoms with Gasteiger partial charge in [0, 0.05) is 12.8 Å². The maximum absolute atomic E-state index is 11.1. The molecule has 0 saturated heterocycles. The molecule has 0 aromatic heterocycles. The van der Waals surface area contributed by atoms with Crippen LogP contribution in [-0.2, 0) is 14.8 Å². The molecule has 0 aliphatic heterocycles. The first-order valence-electron chi connectivity index (χ1n) is 3.62. The van der Waals surface area contributed by atoms with Crippen molar-refractivity contribution < 1.29 is 13.2 Å². The number of amides is 1. The highest BCUT2D eigenvalue weighted by Gasteiger charge is 2.53. The Morgan fingerprint density at radius 3 is 2.38 bits per heavy atom. The molecule has 7 heteroatoms. The zero-order valence-electron chi connectivity index (χ0n) is 6.88. The van der Waals surface area contributed by atoms with E-state index in [2.05, 4.69) is 0 Å². The van der Waals surface area contributed by atoms with Crippen molar-refractivity contribution in [2.75, 3.05) is 5.75 Å². The Hall–Kier alpha value is -0.000000000000000111. The Balaban J connectivity index is 2.50. The van der Waals surface area contributed by atoms with E-state index < -0.39 is 20.3 Å². The number of alkyl halides is 2. The van der Waals surface area contributed by atoms with Crippen LogP contribution in [-0.4, -0.2) is 24.4 Å². The van der Waals surface area contributed by atoms with Gasteiger partial charge in [-0.2, -0.15) is 0 Å². The summed E-state index contributed by atoms with van der Waals surface area (Å²) >= 11 is 11.3. The molecule has 13 heavy (non-hydrogen) atoms. The first kappa shape index (κ1) is 11.1. The molecule has 1 atom stereocenters. The van der Waals surface area contributed by atoms with Crippen LogP contribution in [0.5, 0.6) is 0 Å². The predicted molar refractivity (Wildman–Crippen MR) is 50.1 cm³/mol. The minimum Gasteiger partial charge on any atom is -0.274 e. The number of carbonyl (C=O) groups is 1. The second kappa shape index (κ2) is 3.29. The predicted octanol–water partition coefficient (Wildman–Crippen LogP) is 0.646. The summed E-state index contributed by atoms with van der Waals surface area (Å²) in [6.07, 6.45) is 0.453. The maximum atomic E-state index is 11.1. The molecule has 1 saturated carbocycles. The summed E-state index contributed by atoms with van der Waals surface area (Å²) in [4.78, 5) is 10.5. The van der Waals surface area contributed by atoms with Crippen LogP contribution in [0.25, 0.3) is 0 Å². The summed E-state index contributed by atoms with van der Waals surface area (Å²) in [6.45, 7) is 1.14. The van der Waals surface area contributed by atoms with Crippen molar-refractivity contribution in [3.63, 3.8) is 0 Å². The van der Waals surface area contributed by atoms with E-state index in [1.165, 1.54) is 0 Å². The van der Waals surface area contributed by atoms with E-state index in [0.29, 0.717) is 6.42 Å². The molecule has 1 aliphatic rings. The third-order valence-electron chi connectivity index (χ3n) is 1.68. The highest BCUT2D eigenvalue weighted by molar-refractivity contribution is 7.90. The summed E-state index contributed by atoms with van der Waals surface area (Å²) < 4.78 is 23.2. The summed E-state index contributed by atoms with van der Waals surface area (Å²) in [6, 6.07) is 0. The van der Waals surface area contributed by atoms with Crippen LogP contribution in [0.2, 0.25) is 0 Å². The second-order valence-corrected chi connectivity index (χ2v) is 6.41. The van der Waals surface area contributed by atoms with Gasteiger partial charge >= 0.3 is 0 Å². The molecule has 1 amide bonds. The third kappa shape index (κ3) is 3.32. The van der Waals surface area contributed by atoms with E-state index in [9.17, 15) is 13.2 Å². The van der Waals surface area contributed by atoms with Crippen molar-refractivity contribution in [2.45, 2.75) is 17.7 Å². The van der Waals surface area contributed by atoms with Crippen molar-refractivity contribution >= 4 is 39.1 Å². The topological polar surface area (TPSA) is 63.2 Å². The molecular weight excluding hydrogens is 237 g/mol. The van der Waals surface area contributed by atoms with Gasteiger partial charge in [0.1, 0.15) is 4.33 Å². The molecule has 0 radical (unpaired) electrons. The first-order chi connectivity index (χ1) is 5.73. The van der Waals surface area contributed by atoms with Crippen LogP contribution >= 0.6 is 23.2 Å². The Morgan fingerprint density at radius 2 is 2.08 bits per heavy atom. The van der Waals surface area contributed by atoms with Crippen LogP contribution in [0.3, 0.4) is 0 Å². The van der Waals surface area contributed by atoms with E-state index in [1.807, 2.05) is 4.72 Å². The summed E-state index contributed by atoms with van der Waals surface area (Å²) in [5.41, 5.74) is 0. The van der Waals surface area contributed by atoms with E-state index in [0.717, 1.165) is 6.92 Å². The van der Waals surface area contributed by atoms with Gasteiger partial charge in [-0.3, -0.25) is 9.52 Å². The van der Waals surface area contributed by atoms with E-state index in [4.69, 9.17) is 23.2 Å². The molecular formula is C6H9Cl2NO3S. The average molecular weight is 246 g/mol. The lowest BCUT2D eigenvalue weighted by atomic mass is 10.5. The van der Waals surface area contributed by atoms with Gasteiger partial charge in [-0.1, -0.05) is 0 Å². The molecule has 1 fully saturated rings. The van der Waals surface area contributed by atoms with Gasteiger partial charge in [0.2, 0.25) is 15.9 Å². The van der Waals surface area contributed by atoms with Gasteiger partial charge in [0.15, 0.2) is 0 Å². The molecule has 4 nitrogen and oxygen atoms in total. The lowest BCUT2D eigenvalue weighted by Gasteiger charge is -2.03. The number of hydrogen-bond donors (Lipinski definition) is 1.